The smallest absolute Gasteiger partial charge is 0.435 e. The summed E-state index contributed by atoms with van der Waals surface area (Å²) in [5.74, 6) is -0.0147. The third-order valence-electron chi connectivity index (χ3n) is 4.01. The van der Waals surface area contributed by atoms with Crippen LogP contribution in [-0.4, -0.2) is 27.4 Å². The van der Waals surface area contributed by atoms with E-state index in [4.69, 9.17) is 4.74 Å². The Kier molecular flexibility index (Phi) is 3.51. The maximum atomic E-state index is 12.0. The molecular weight excluding hydrogens is 306 g/mol. The van der Waals surface area contributed by atoms with Crippen molar-refractivity contribution in [1.29, 1.82) is 0 Å². The van der Waals surface area contributed by atoms with Crippen molar-refractivity contribution in [3.05, 3.63) is 36.2 Å². The van der Waals surface area contributed by atoms with E-state index in [9.17, 15) is 9.59 Å². The zero-order valence-corrected chi connectivity index (χ0v) is 14.5. The van der Waals surface area contributed by atoms with E-state index in [-0.39, 0.29) is 5.91 Å². The highest BCUT2D eigenvalue weighted by molar-refractivity contribution is 6.06. The second kappa shape index (κ2) is 5.19. The molecule has 2 heterocycles. The molecule has 0 bridgehead atoms. The van der Waals surface area contributed by atoms with Gasteiger partial charge in [0.15, 0.2) is 0 Å². The summed E-state index contributed by atoms with van der Waals surface area (Å²) in [6.45, 7) is 9.21. The molecule has 0 saturated carbocycles. The van der Waals surface area contributed by atoms with Crippen LogP contribution in [0.2, 0.25) is 0 Å². The number of nitrogens with one attached hydrogen (secondary N) is 1. The zero-order chi connectivity index (χ0) is 17.7. The normalized spacial score (nSPS) is 15.8. The number of fused-ring (bicyclic) bond motifs is 1. The summed E-state index contributed by atoms with van der Waals surface area (Å²) < 4.78 is 6.47. The Hall–Kier alpha value is -2.63. The highest BCUT2D eigenvalue weighted by Crippen LogP contribution is 2.39. The zero-order valence-electron chi connectivity index (χ0n) is 14.5. The van der Waals surface area contributed by atoms with Crippen molar-refractivity contribution in [2.45, 2.75) is 45.6 Å². The summed E-state index contributed by atoms with van der Waals surface area (Å²) in [5.41, 5.74) is 2.31. The van der Waals surface area contributed by atoms with E-state index in [1.807, 2.05) is 32.0 Å². The molecular formula is C18H21N3O3. The van der Waals surface area contributed by atoms with Crippen molar-refractivity contribution in [3.8, 4) is 11.1 Å². The summed E-state index contributed by atoms with van der Waals surface area (Å²) in [5, 5.41) is 6.97. The fourth-order valence-electron chi connectivity index (χ4n) is 2.65. The monoisotopic (exact) mass is 327 g/mol. The molecule has 126 valence electrons. The first-order valence-electron chi connectivity index (χ1n) is 7.82. The summed E-state index contributed by atoms with van der Waals surface area (Å²) in [6.07, 6.45) is 2.70. The molecule has 0 saturated heterocycles. The van der Waals surface area contributed by atoms with Gasteiger partial charge in [0.05, 0.1) is 11.6 Å². The number of carbonyl (C=O) groups excluding carboxylic acids is 2. The SMILES string of the molecule is CC(C)(C)OC(=O)n1cc(-c2ccc3c(c2)NC(=O)C3(C)C)cn1. The van der Waals surface area contributed by atoms with Gasteiger partial charge in [0, 0.05) is 17.4 Å². The number of nitrogens with zero attached hydrogens (tertiary/aromatic N) is 2. The van der Waals surface area contributed by atoms with E-state index in [0.717, 1.165) is 22.4 Å². The number of ether oxygens (including phenoxy) is 1. The number of hydrogen-bond acceptors (Lipinski definition) is 4. The maximum Gasteiger partial charge on any atom is 0.435 e. The van der Waals surface area contributed by atoms with Crippen molar-refractivity contribution >= 4 is 17.7 Å². The van der Waals surface area contributed by atoms with Gasteiger partial charge in [-0.1, -0.05) is 12.1 Å². The van der Waals surface area contributed by atoms with E-state index in [1.165, 1.54) is 4.68 Å². The van der Waals surface area contributed by atoms with Crippen molar-refractivity contribution < 1.29 is 14.3 Å². The van der Waals surface area contributed by atoms with Gasteiger partial charge in [-0.15, -0.1) is 0 Å². The Morgan fingerprint density at radius 1 is 1.25 bits per heavy atom. The lowest BCUT2D eigenvalue weighted by atomic mass is 9.85. The standard InChI is InChI=1S/C18H21N3O3/c1-17(2,3)24-16(23)21-10-12(9-19-21)11-6-7-13-14(8-11)20-15(22)18(13,4)5/h6-10H,1-5H3,(H,20,22). The Morgan fingerprint density at radius 3 is 2.62 bits per heavy atom. The molecule has 1 aliphatic rings. The molecule has 0 radical (unpaired) electrons. The van der Waals surface area contributed by atoms with Crippen LogP contribution >= 0.6 is 0 Å². The van der Waals surface area contributed by atoms with Gasteiger partial charge in [0.1, 0.15) is 5.60 Å². The number of carbonyl (C=O) groups is 2. The molecule has 0 fully saturated rings. The topological polar surface area (TPSA) is 73.2 Å². The van der Waals surface area contributed by atoms with Crippen molar-refractivity contribution in [3.63, 3.8) is 0 Å². The summed E-state index contributed by atoms with van der Waals surface area (Å²) in [4.78, 5) is 24.1. The number of benzene rings is 1. The molecule has 3 rings (SSSR count). The second-order valence-corrected chi connectivity index (χ2v) is 7.49. The molecule has 1 aromatic heterocycles. The number of rotatable bonds is 1. The molecule has 1 aromatic carbocycles. The average molecular weight is 327 g/mol. The Balaban J connectivity index is 1.89. The van der Waals surface area contributed by atoms with Gasteiger partial charge < -0.3 is 10.1 Å². The van der Waals surface area contributed by atoms with Crippen LogP contribution in [0.25, 0.3) is 11.1 Å². The average Bonchev–Trinajstić information content (AvgIpc) is 3.02. The highest BCUT2D eigenvalue weighted by Gasteiger charge is 2.38. The molecule has 0 aliphatic carbocycles. The first-order valence-corrected chi connectivity index (χ1v) is 7.82. The van der Waals surface area contributed by atoms with Gasteiger partial charge in [-0.05, 0) is 51.8 Å². The number of hydrogen-bond donors (Lipinski definition) is 1. The molecule has 0 spiro atoms. The third kappa shape index (κ3) is 2.79. The summed E-state index contributed by atoms with van der Waals surface area (Å²) in [6, 6.07) is 5.77. The third-order valence-corrected chi connectivity index (χ3v) is 4.01. The van der Waals surface area contributed by atoms with Crippen LogP contribution in [0.3, 0.4) is 0 Å². The van der Waals surface area contributed by atoms with Crippen LogP contribution in [0.1, 0.15) is 40.2 Å². The van der Waals surface area contributed by atoms with Gasteiger partial charge in [0.2, 0.25) is 5.91 Å². The number of anilines is 1. The van der Waals surface area contributed by atoms with Crippen molar-refractivity contribution in [2.75, 3.05) is 5.32 Å². The molecule has 1 amide bonds. The predicted octanol–water partition coefficient (Wildman–Crippen LogP) is 3.56. The van der Waals surface area contributed by atoms with E-state index in [2.05, 4.69) is 10.4 Å². The predicted molar refractivity (Wildman–Crippen MR) is 91.0 cm³/mol. The molecule has 1 aliphatic heterocycles. The van der Waals surface area contributed by atoms with Gasteiger partial charge >= 0.3 is 6.09 Å². The largest absolute Gasteiger partial charge is 0.442 e. The second-order valence-electron chi connectivity index (χ2n) is 7.49. The van der Waals surface area contributed by atoms with Crippen LogP contribution in [0, 0.1) is 0 Å². The van der Waals surface area contributed by atoms with Gasteiger partial charge in [-0.25, -0.2) is 4.79 Å². The van der Waals surface area contributed by atoms with Crippen LogP contribution in [0.15, 0.2) is 30.6 Å². The van der Waals surface area contributed by atoms with E-state index in [1.54, 1.807) is 33.2 Å². The Morgan fingerprint density at radius 2 is 1.96 bits per heavy atom. The van der Waals surface area contributed by atoms with Gasteiger partial charge in [0.25, 0.3) is 0 Å². The lowest BCUT2D eigenvalue weighted by Gasteiger charge is -2.18. The lowest BCUT2D eigenvalue weighted by molar-refractivity contribution is -0.119. The molecule has 0 unspecified atom stereocenters. The molecule has 2 aromatic rings. The maximum absolute atomic E-state index is 12.0. The minimum Gasteiger partial charge on any atom is -0.442 e. The first kappa shape index (κ1) is 16.2. The Labute approximate surface area is 140 Å². The summed E-state index contributed by atoms with van der Waals surface area (Å²) >= 11 is 0. The Bertz CT molecular complexity index is 828. The fraction of sp³-hybridized carbons (Fsp3) is 0.389. The van der Waals surface area contributed by atoms with E-state index < -0.39 is 17.1 Å². The van der Waals surface area contributed by atoms with E-state index in [0.29, 0.717) is 0 Å². The van der Waals surface area contributed by atoms with Crippen LogP contribution in [0.5, 0.6) is 0 Å². The summed E-state index contributed by atoms with van der Waals surface area (Å²) in [7, 11) is 0. The molecule has 24 heavy (non-hydrogen) atoms. The molecule has 6 heteroatoms. The van der Waals surface area contributed by atoms with Crippen molar-refractivity contribution in [1.82, 2.24) is 9.78 Å². The quantitative estimate of drug-likeness (QED) is 0.869. The van der Waals surface area contributed by atoms with Crippen LogP contribution in [0.4, 0.5) is 10.5 Å². The number of aromatic nitrogens is 2. The minimum atomic E-state index is -0.577. The molecule has 6 nitrogen and oxygen atoms in total. The molecule has 1 N–H and O–H groups in total. The minimum absolute atomic E-state index is 0.0147. The molecule has 0 atom stereocenters. The fourth-order valence-corrected chi connectivity index (χ4v) is 2.65. The van der Waals surface area contributed by atoms with Crippen LogP contribution in [-0.2, 0) is 14.9 Å². The van der Waals surface area contributed by atoms with E-state index >= 15 is 0 Å². The lowest BCUT2D eigenvalue weighted by Crippen LogP contribution is -2.27. The first-order chi connectivity index (χ1) is 11.1. The van der Waals surface area contributed by atoms with Crippen LogP contribution < -0.4 is 5.32 Å². The van der Waals surface area contributed by atoms with Gasteiger partial charge in [-0.3, -0.25) is 4.79 Å². The van der Waals surface area contributed by atoms with Gasteiger partial charge in [-0.2, -0.15) is 9.78 Å². The van der Waals surface area contributed by atoms with Crippen molar-refractivity contribution in [2.24, 2.45) is 0 Å². The number of amides is 1. The highest BCUT2D eigenvalue weighted by atomic mass is 16.6.